The van der Waals surface area contributed by atoms with E-state index in [1.165, 1.54) is 4.90 Å². The smallest absolute Gasteiger partial charge is 0.434 e. The van der Waals surface area contributed by atoms with Gasteiger partial charge in [-0.1, -0.05) is 30.3 Å². The summed E-state index contributed by atoms with van der Waals surface area (Å²) in [4.78, 5) is 28.3. The van der Waals surface area contributed by atoms with E-state index in [4.69, 9.17) is 23.3 Å². The normalized spacial score (nSPS) is 24.2. The number of hydrogen-bond acceptors (Lipinski definition) is 8. The molecule has 3 aliphatic heterocycles. The van der Waals surface area contributed by atoms with E-state index in [0.717, 1.165) is 16.6 Å². The molecule has 2 atom stereocenters. The summed E-state index contributed by atoms with van der Waals surface area (Å²) in [7, 11) is -1.03. The summed E-state index contributed by atoms with van der Waals surface area (Å²) in [6.45, 7) is 23.2. The second kappa shape index (κ2) is 11.8. The lowest BCUT2D eigenvalue weighted by atomic mass is 9.55. The molecule has 1 N–H and O–H groups in total. The van der Waals surface area contributed by atoms with E-state index in [1.807, 2.05) is 81.4 Å². The highest BCUT2D eigenvalue weighted by Gasteiger charge is 2.55. The third kappa shape index (κ3) is 6.38. The van der Waals surface area contributed by atoms with Crippen molar-refractivity contribution in [3.8, 4) is 0 Å². The molecular formula is C35H50B3NO8. The van der Waals surface area contributed by atoms with Crippen molar-refractivity contribution in [2.45, 2.75) is 136 Å². The molecule has 47 heavy (non-hydrogen) atoms. The van der Waals surface area contributed by atoms with Gasteiger partial charge < -0.3 is 28.4 Å². The van der Waals surface area contributed by atoms with E-state index in [1.54, 1.807) is 38.1 Å². The van der Waals surface area contributed by atoms with Gasteiger partial charge >= 0.3 is 21.5 Å². The highest BCUT2D eigenvalue weighted by molar-refractivity contribution is 7.03. The van der Waals surface area contributed by atoms with E-state index in [9.17, 15) is 14.7 Å². The Hall–Kier alpha value is -2.47. The Bertz CT molecular complexity index is 1500. The van der Waals surface area contributed by atoms with Gasteiger partial charge in [0.15, 0.2) is 0 Å². The van der Waals surface area contributed by atoms with E-state index in [2.05, 4.69) is 6.07 Å². The van der Waals surface area contributed by atoms with E-state index in [0.29, 0.717) is 24.0 Å². The Morgan fingerprint density at radius 1 is 0.851 bits per heavy atom. The first-order valence-electron chi connectivity index (χ1n) is 16.7. The Labute approximate surface area is 281 Å². The number of aryl methyl sites for hydroxylation is 1. The monoisotopic (exact) mass is 645 g/mol. The zero-order valence-corrected chi connectivity index (χ0v) is 30.1. The minimum atomic E-state index is -1.06. The van der Waals surface area contributed by atoms with Gasteiger partial charge in [0.1, 0.15) is 0 Å². The Kier molecular flexibility index (Phi) is 9.03. The van der Waals surface area contributed by atoms with Gasteiger partial charge in [-0.05, 0) is 125 Å². The summed E-state index contributed by atoms with van der Waals surface area (Å²) in [6, 6.07) is 12.5. The van der Waals surface area contributed by atoms with Crippen LogP contribution < -0.4 is 5.46 Å². The largest absolute Gasteiger partial charge is 0.494 e. The van der Waals surface area contributed by atoms with Crippen molar-refractivity contribution in [3.05, 3.63) is 64.7 Å². The third-order valence-corrected chi connectivity index (χ3v) is 11.4. The average Bonchev–Trinajstić information content (AvgIpc) is 3.46. The molecule has 9 nitrogen and oxygen atoms in total. The van der Waals surface area contributed by atoms with Crippen molar-refractivity contribution in [3.63, 3.8) is 0 Å². The number of carbonyl (C=O) groups is 2. The lowest BCUT2D eigenvalue weighted by Gasteiger charge is -2.37. The molecule has 12 heteroatoms. The molecule has 252 valence electrons. The summed E-state index contributed by atoms with van der Waals surface area (Å²) >= 11 is 0. The summed E-state index contributed by atoms with van der Waals surface area (Å²) in [6.07, 6.45) is 1.16. The van der Waals surface area contributed by atoms with Crippen LogP contribution in [0.5, 0.6) is 0 Å². The van der Waals surface area contributed by atoms with Gasteiger partial charge in [-0.15, -0.1) is 0 Å². The van der Waals surface area contributed by atoms with Crippen LogP contribution in [0, 0.1) is 0 Å². The maximum Gasteiger partial charge on any atom is 0.494 e. The van der Waals surface area contributed by atoms with E-state index in [-0.39, 0.29) is 19.2 Å². The van der Waals surface area contributed by atoms with Crippen molar-refractivity contribution >= 4 is 38.8 Å². The van der Waals surface area contributed by atoms with E-state index < -0.39 is 53.8 Å². The first kappa shape index (κ1) is 35.8. The molecule has 2 aromatic rings. The minimum Gasteiger partial charge on any atom is -0.434 e. The van der Waals surface area contributed by atoms with Crippen LogP contribution in [-0.2, 0) is 29.7 Å². The molecule has 5 rings (SSSR count). The molecule has 2 saturated heterocycles. The number of hydrogen-bond donors (Lipinski definition) is 1. The predicted molar refractivity (Wildman–Crippen MR) is 185 cm³/mol. The number of nitrogens with zero attached hydrogens (tertiary/aromatic N) is 1. The highest BCUT2D eigenvalue weighted by atomic mass is 16.7. The molecule has 2 unspecified atom stereocenters. The molecule has 0 aliphatic carbocycles. The topological polar surface area (TPSA) is 104 Å². The zero-order chi connectivity index (χ0) is 35.0. The van der Waals surface area contributed by atoms with Crippen LogP contribution >= 0.6 is 0 Å². The van der Waals surface area contributed by atoms with Gasteiger partial charge in [0.25, 0.3) is 11.8 Å². The van der Waals surface area contributed by atoms with Gasteiger partial charge in [0.05, 0.1) is 50.8 Å². The van der Waals surface area contributed by atoms with Crippen LogP contribution in [0.25, 0.3) is 0 Å². The molecule has 0 bridgehead atoms. The van der Waals surface area contributed by atoms with Crippen molar-refractivity contribution in [2.24, 2.45) is 0 Å². The fourth-order valence-corrected chi connectivity index (χ4v) is 6.24. The lowest BCUT2D eigenvalue weighted by molar-refractivity contribution is -0.0894. The fourth-order valence-electron chi connectivity index (χ4n) is 6.24. The predicted octanol–water partition coefficient (Wildman–Crippen LogP) is 4.76. The number of carbonyl (C=O) groups excluding carboxylic acids is 2. The van der Waals surface area contributed by atoms with Crippen molar-refractivity contribution in [1.29, 1.82) is 0 Å². The molecule has 3 aliphatic rings. The number of rotatable bonds is 10. The Morgan fingerprint density at radius 2 is 1.40 bits per heavy atom. The zero-order valence-electron chi connectivity index (χ0n) is 30.1. The molecule has 2 amide bonds. The molecular weight excluding hydrogens is 595 g/mol. The highest BCUT2D eigenvalue weighted by Crippen LogP contribution is 2.42. The molecule has 0 aromatic heterocycles. The van der Waals surface area contributed by atoms with Crippen molar-refractivity contribution < 1.29 is 38.0 Å². The SMILES string of the molecule is CC(c1ccc(B2OC(C)(C)C(C)(C)O2)cc1CCC1(C)OB(BOC(C)(C)C(C)(C)O)OC1(C)C)N1C(=O)c2ccccc2C1=O. The van der Waals surface area contributed by atoms with Crippen LogP contribution in [0.2, 0.25) is 0 Å². The standard InChI is InChI=1S/C35H50B3NO8/c1-22(39-28(40)26-15-13-14-16-27(26)29(39)41)25-18-17-24(37-44-32(6,7)33(8,9)45-37)21-23(25)19-20-35(12)34(10,11)46-38(47-35)36-43-31(4,5)30(2,3)42/h13-18,21-22,36,42H,19-20H2,1-12H3. The van der Waals surface area contributed by atoms with Crippen LogP contribution in [0.3, 0.4) is 0 Å². The van der Waals surface area contributed by atoms with Crippen LogP contribution in [0.4, 0.5) is 0 Å². The van der Waals surface area contributed by atoms with Crippen molar-refractivity contribution in [1.82, 2.24) is 4.90 Å². The summed E-state index contributed by atoms with van der Waals surface area (Å²) in [5, 5.41) is 10.6. The summed E-state index contributed by atoms with van der Waals surface area (Å²) in [5.41, 5.74) is -0.695. The van der Waals surface area contributed by atoms with Gasteiger partial charge in [-0.2, -0.15) is 0 Å². The molecule has 0 radical (unpaired) electrons. The Morgan fingerprint density at radius 3 is 1.94 bits per heavy atom. The van der Waals surface area contributed by atoms with Crippen LogP contribution in [0.1, 0.15) is 127 Å². The molecule has 0 saturated carbocycles. The third-order valence-electron chi connectivity index (χ3n) is 11.4. The van der Waals surface area contributed by atoms with Gasteiger partial charge in [0, 0.05) is 0 Å². The fraction of sp³-hybridized carbons (Fsp3) is 0.600. The van der Waals surface area contributed by atoms with Gasteiger partial charge in [-0.25, -0.2) is 0 Å². The lowest BCUT2D eigenvalue weighted by Crippen LogP contribution is -2.50. The van der Waals surface area contributed by atoms with Gasteiger partial charge in [-0.3, -0.25) is 14.5 Å². The van der Waals surface area contributed by atoms with Gasteiger partial charge in [0.2, 0.25) is 0 Å². The molecule has 3 heterocycles. The average molecular weight is 645 g/mol. The number of fused-ring (bicyclic) bond motifs is 1. The quantitative estimate of drug-likeness (QED) is 0.292. The molecule has 2 aromatic carbocycles. The minimum absolute atomic E-state index is 0.162. The summed E-state index contributed by atoms with van der Waals surface area (Å²) in [5.74, 6) is -0.590. The summed E-state index contributed by atoms with van der Waals surface area (Å²) < 4.78 is 31.8. The second-order valence-electron chi connectivity index (χ2n) is 16.0. The number of imide groups is 1. The molecule has 0 spiro atoms. The van der Waals surface area contributed by atoms with E-state index >= 15 is 0 Å². The first-order chi connectivity index (χ1) is 21.5. The number of amides is 2. The second-order valence-corrected chi connectivity index (χ2v) is 16.0. The Balaban J connectivity index is 1.43. The number of aliphatic hydroxyl groups is 1. The van der Waals surface area contributed by atoms with Crippen LogP contribution in [-0.4, -0.2) is 76.9 Å². The first-order valence-corrected chi connectivity index (χ1v) is 16.7. The number of benzene rings is 2. The van der Waals surface area contributed by atoms with Crippen molar-refractivity contribution in [2.75, 3.05) is 0 Å². The maximum atomic E-state index is 13.5. The van der Waals surface area contributed by atoms with Crippen LogP contribution in [0.15, 0.2) is 42.5 Å². The molecule has 2 fully saturated rings. The maximum absolute atomic E-state index is 13.5.